The molecule has 158 valence electrons. The molecular formula is C22H21N5O3S. The van der Waals surface area contributed by atoms with Gasteiger partial charge in [-0.3, -0.25) is 4.79 Å². The fourth-order valence-electron chi connectivity index (χ4n) is 4.20. The molecule has 1 amide bonds. The molecule has 1 aromatic heterocycles. The molecule has 0 saturated heterocycles. The molecule has 3 aromatic rings. The zero-order valence-corrected chi connectivity index (χ0v) is 17.5. The highest BCUT2D eigenvalue weighted by Gasteiger charge is 2.29. The molecule has 0 atom stereocenters. The van der Waals surface area contributed by atoms with Crippen molar-refractivity contribution in [2.24, 2.45) is 5.73 Å². The van der Waals surface area contributed by atoms with Crippen molar-refractivity contribution in [3.63, 3.8) is 0 Å². The lowest BCUT2D eigenvalue weighted by Gasteiger charge is -2.19. The summed E-state index contributed by atoms with van der Waals surface area (Å²) in [5.41, 5.74) is 16.7. The van der Waals surface area contributed by atoms with Gasteiger partial charge in [0.2, 0.25) is 10.0 Å². The summed E-state index contributed by atoms with van der Waals surface area (Å²) in [4.78, 5) is 12.3. The first-order valence-electron chi connectivity index (χ1n) is 9.92. The number of aryl methyl sites for hydroxylation is 1. The van der Waals surface area contributed by atoms with E-state index in [0.29, 0.717) is 30.9 Å². The van der Waals surface area contributed by atoms with Crippen molar-refractivity contribution in [2.75, 3.05) is 18.8 Å². The summed E-state index contributed by atoms with van der Waals surface area (Å²) < 4.78 is 28.7. The maximum atomic E-state index is 12.8. The van der Waals surface area contributed by atoms with Crippen LogP contribution in [0.4, 0.5) is 5.69 Å². The lowest BCUT2D eigenvalue weighted by atomic mass is 9.88. The highest BCUT2D eigenvalue weighted by molar-refractivity contribution is 7.89. The average Bonchev–Trinajstić information content (AvgIpc) is 3.42. The Hall–Kier alpha value is -3.43. The van der Waals surface area contributed by atoms with Crippen molar-refractivity contribution < 1.29 is 13.2 Å². The second kappa shape index (κ2) is 7.07. The number of rotatable bonds is 4. The first-order chi connectivity index (χ1) is 14.9. The molecule has 8 nitrogen and oxygen atoms in total. The molecule has 0 bridgehead atoms. The lowest BCUT2D eigenvalue weighted by Crippen LogP contribution is -2.28. The van der Waals surface area contributed by atoms with E-state index in [1.54, 1.807) is 28.9 Å². The van der Waals surface area contributed by atoms with E-state index in [2.05, 4.69) is 5.10 Å². The van der Waals surface area contributed by atoms with Gasteiger partial charge in [-0.15, -0.1) is 0 Å². The van der Waals surface area contributed by atoms with Gasteiger partial charge in [-0.05, 0) is 54.8 Å². The molecule has 1 aliphatic heterocycles. The number of nitrogen functional groups attached to an aromatic ring is 1. The fraction of sp³-hybridized carbons (Fsp3) is 0.182. The van der Waals surface area contributed by atoms with Gasteiger partial charge in [0, 0.05) is 29.9 Å². The van der Waals surface area contributed by atoms with Crippen molar-refractivity contribution in [1.29, 1.82) is 0 Å². The Morgan fingerprint density at radius 2 is 1.71 bits per heavy atom. The van der Waals surface area contributed by atoms with Gasteiger partial charge < -0.3 is 11.5 Å². The van der Waals surface area contributed by atoms with Gasteiger partial charge in [0.25, 0.3) is 5.91 Å². The number of carbonyl (C=O) groups is 1. The smallest absolute Gasteiger partial charge is 0.269 e. The summed E-state index contributed by atoms with van der Waals surface area (Å²) in [7, 11) is -3.57. The van der Waals surface area contributed by atoms with E-state index in [-0.39, 0.29) is 10.6 Å². The average molecular weight is 436 g/mol. The molecule has 2 aliphatic rings. The minimum Gasteiger partial charge on any atom is -0.399 e. The summed E-state index contributed by atoms with van der Waals surface area (Å²) in [5, 5.41) is 4.49. The summed E-state index contributed by atoms with van der Waals surface area (Å²) in [6, 6.07) is 12.2. The monoisotopic (exact) mass is 435 g/mol. The van der Waals surface area contributed by atoms with Gasteiger partial charge in [-0.1, -0.05) is 18.2 Å². The maximum absolute atomic E-state index is 12.8. The molecule has 31 heavy (non-hydrogen) atoms. The van der Waals surface area contributed by atoms with E-state index in [4.69, 9.17) is 11.5 Å². The predicted molar refractivity (Wildman–Crippen MR) is 117 cm³/mol. The molecule has 1 aliphatic carbocycles. The number of benzene rings is 2. The lowest BCUT2D eigenvalue weighted by molar-refractivity contribution is 0.0994. The first kappa shape index (κ1) is 19.5. The number of sulfonamides is 1. The Bertz CT molecular complexity index is 1330. The Morgan fingerprint density at radius 3 is 2.39 bits per heavy atom. The van der Waals surface area contributed by atoms with E-state index >= 15 is 0 Å². The molecule has 2 aromatic carbocycles. The standard InChI is InChI=1S/C22H21N5O3S/c23-15-5-3-14-4-10-18-20(22(24)28)25-27(21(18)19(14)13-15)16-6-8-17(9-7-16)31(29,30)26-11-1-2-12-26/h1-3,5-9,13H,4,10-12,23H2,(H2,24,28). The van der Waals surface area contributed by atoms with Gasteiger partial charge in [0.05, 0.1) is 16.3 Å². The highest BCUT2D eigenvalue weighted by Crippen LogP contribution is 2.38. The quantitative estimate of drug-likeness (QED) is 0.478. The van der Waals surface area contributed by atoms with Crippen molar-refractivity contribution in [3.8, 4) is 16.9 Å². The predicted octanol–water partition coefficient (Wildman–Crippen LogP) is 1.88. The third-order valence-corrected chi connectivity index (χ3v) is 7.60. The summed E-state index contributed by atoms with van der Waals surface area (Å²) in [6.45, 7) is 0.744. The van der Waals surface area contributed by atoms with Crippen molar-refractivity contribution in [2.45, 2.75) is 17.7 Å². The van der Waals surface area contributed by atoms with Crippen molar-refractivity contribution >= 4 is 21.6 Å². The normalized spacial score (nSPS) is 15.6. The van der Waals surface area contributed by atoms with Gasteiger partial charge in [0.15, 0.2) is 5.69 Å². The topological polar surface area (TPSA) is 124 Å². The number of aromatic nitrogens is 2. The van der Waals surface area contributed by atoms with Crippen LogP contribution in [0.3, 0.4) is 0 Å². The second-order valence-electron chi connectivity index (χ2n) is 7.66. The molecular weight excluding hydrogens is 414 g/mol. The second-order valence-corrected chi connectivity index (χ2v) is 9.59. The number of carbonyl (C=O) groups excluding carboxylic acids is 1. The van der Waals surface area contributed by atoms with Gasteiger partial charge in [0.1, 0.15) is 0 Å². The fourth-order valence-corrected chi connectivity index (χ4v) is 5.55. The van der Waals surface area contributed by atoms with E-state index in [1.807, 2.05) is 30.4 Å². The van der Waals surface area contributed by atoms with Crippen molar-refractivity contribution in [1.82, 2.24) is 14.1 Å². The molecule has 4 N–H and O–H groups in total. The maximum Gasteiger partial charge on any atom is 0.269 e. The Balaban J connectivity index is 1.63. The van der Waals surface area contributed by atoms with E-state index < -0.39 is 15.9 Å². The summed E-state index contributed by atoms with van der Waals surface area (Å²) in [5.74, 6) is -0.594. The molecule has 9 heteroatoms. The molecule has 0 fully saturated rings. The zero-order valence-electron chi connectivity index (χ0n) is 16.7. The van der Waals surface area contributed by atoms with Crippen LogP contribution in [0.2, 0.25) is 0 Å². The first-order valence-corrected chi connectivity index (χ1v) is 11.4. The number of nitrogens with zero attached hydrogens (tertiary/aromatic N) is 3. The third-order valence-electron chi connectivity index (χ3n) is 5.75. The van der Waals surface area contributed by atoms with Crippen LogP contribution in [0.25, 0.3) is 16.9 Å². The van der Waals surface area contributed by atoms with Crippen LogP contribution in [0, 0.1) is 0 Å². The number of amides is 1. The minimum atomic E-state index is -3.57. The van der Waals surface area contributed by atoms with E-state index in [9.17, 15) is 13.2 Å². The molecule has 0 unspecified atom stereocenters. The number of nitrogens with two attached hydrogens (primary N) is 2. The summed E-state index contributed by atoms with van der Waals surface area (Å²) >= 11 is 0. The SMILES string of the molecule is NC(=O)c1nn(-c2ccc(S(=O)(=O)N3CC=CC3)cc2)c2c1CCc1ccc(N)cc1-2. The number of anilines is 1. The van der Waals surface area contributed by atoms with Crippen LogP contribution in [0.5, 0.6) is 0 Å². The number of fused-ring (bicyclic) bond motifs is 3. The molecule has 0 spiro atoms. The van der Waals surface area contributed by atoms with Gasteiger partial charge in [-0.2, -0.15) is 9.40 Å². The minimum absolute atomic E-state index is 0.209. The third kappa shape index (κ3) is 3.13. The molecule has 5 rings (SSSR count). The van der Waals surface area contributed by atoms with Crippen LogP contribution >= 0.6 is 0 Å². The number of hydrogen-bond acceptors (Lipinski definition) is 5. The van der Waals surface area contributed by atoms with E-state index in [0.717, 1.165) is 28.8 Å². The Morgan fingerprint density at radius 1 is 1.00 bits per heavy atom. The molecule has 2 heterocycles. The van der Waals surface area contributed by atoms with Crippen LogP contribution in [-0.2, 0) is 22.9 Å². The highest BCUT2D eigenvalue weighted by atomic mass is 32.2. The van der Waals surface area contributed by atoms with Crippen LogP contribution in [0.15, 0.2) is 59.5 Å². The molecule has 0 saturated carbocycles. The van der Waals surface area contributed by atoms with Crippen LogP contribution in [0.1, 0.15) is 21.6 Å². The van der Waals surface area contributed by atoms with Crippen molar-refractivity contribution in [3.05, 3.63) is 71.4 Å². The van der Waals surface area contributed by atoms with Gasteiger partial charge >= 0.3 is 0 Å². The zero-order chi connectivity index (χ0) is 21.8. The van der Waals surface area contributed by atoms with E-state index in [1.165, 1.54) is 4.31 Å². The van der Waals surface area contributed by atoms with Crippen LogP contribution in [-0.4, -0.2) is 41.5 Å². The van der Waals surface area contributed by atoms with Gasteiger partial charge in [-0.25, -0.2) is 13.1 Å². The van der Waals surface area contributed by atoms with Crippen LogP contribution < -0.4 is 11.5 Å². The Labute approximate surface area is 179 Å². The largest absolute Gasteiger partial charge is 0.399 e. The number of hydrogen-bond donors (Lipinski definition) is 2. The summed E-state index contributed by atoms with van der Waals surface area (Å²) in [6.07, 6.45) is 5.06. The number of primary amides is 1. The Kier molecular flexibility index (Phi) is 4.45. The molecule has 0 radical (unpaired) electrons.